The van der Waals surface area contributed by atoms with Crippen molar-refractivity contribution in [2.45, 2.75) is 76.7 Å². The molecule has 30 heavy (non-hydrogen) atoms. The Bertz CT molecular complexity index is 860. The molecule has 1 spiro atoms. The van der Waals surface area contributed by atoms with Gasteiger partial charge in [-0.15, -0.1) is 4.72 Å². The number of hydrogen-bond donors (Lipinski definition) is 2. The van der Waals surface area contributed by atoms with Gasteiger partial charge in [0, 0.05) is 16.8 Å². The van der Waals surface area contributed by atoms with E-state index in [1.165, 1.54) is 0 Å². The molecule has 0 saturated carbocycles. The summed E-state index contributed by atoms with van der Waals surface area (Å²) in [6, 6.07) is 7.70. The molecule has 1 aromatic rings. The van der Waals surface area contributed by atoms with Gasteiger partial charge in [0.15, 0.2) is 5.54 Å². The zero-order chi connectivity index (χ0) is 22.4. The largest absolute Gasteiger partial charge is 0.598 e. The second kappa shape index (κ2) is 7.83. The molecule has 0 aromatic heterocycles. The monoisotopic (exact) mass is 431 g/mol. The van der Waals surface area contributed by atoms with E-state index in [4.69, 9.17) is 4.74 Å². The van der Waals surface area contributed by atoms with Crippen molar-refractivity contribution in [3.05, 3.63) is 34.9 Å². The molecule has 2 N–H and O–H groups in total. The first kappa shape index (κ1) is 23.1. The second-order valence-electron chi connectivity index (χ2n) is 10.4. The summed E-state index contributed by atoms with van der Waals surface area (Å²) in [6.07, 6.45) is 2.18. The van der Waals surface area contributed by atoms with E-state index >= 15 is 0 Å². The molecule has 1 fully saturated rings. The van der Waals surface area contributed by atoms with Crippen LogP contribution in [0.1, 0.15) is 71.1 Å². The lowest BCUT2D eigenvalue weighted by molar-refractivity contribution is -0.170. The van der Waals surface area contributed by atoms with Crippen molar-refractivity contribution in [1.29, 1.82) is 5.26 Å². The van der Waals surface area contributed by atoms with Gasteiger partial charge in [0.05, 0.1) is 11.6 Å². The number of fused-ring (bicyclic) bond motifs is 1. The minimum Gasteiger partial charge on any atom is -0.598 e. The van der Waals surface area contributed by atoms with E-state index in [2.05, 4.69) is 16.1 Å². The fraction of sp³-hybridized carbons (Fsp3) is 0.652. The summed E-state index contributed by atoms with van der Waals surface area (Å²) in [5.74, 6) is -0.414. The summed E-state index contributed by atoms with van der Waals surface area (Å²) in [7, 11) is 0. The number of hydrogen-bond acceptors (Lipinski definition) is 6. The first-order valence-electron chi connectivity index (χ1n) is 10.5. The number of carbonyl (C=O) groups is 1. The number of nitrogens with zero attached hydrogens (tertiary/aromatic N) is 1. The average Bonchev–Trinajstić information content (AvgIpc) is 2.89. The zero-order valence-corrected chi connectivity index (χ0v) is 19.7. The van der Waals surface area contributed by atoms with Crippen molar-refractivity contribution in [3.63, 3.8) is 0 Å². The third kappa shape index (κ3) is 3.99. The quantitative estimate of drug-likeness (QED) is 0.564. The van der Waals surface area contributed by atoms with Gasteiger partial charge in [0.2, 0.25) is 0 Å². The van der Waals surface area contributed by atoms with Crippen LogP contribution in [-0.4, -0.2) is 34.0 Å². The Morgan fingerprint density at radius 2 is 1.87 bits per heavy atom. The Labute approximate surface area is 183 Å². The van der Waals surface area contributed by atoms with Gasteiger partial charge in [-0.05, 0) is 97.2 Å². The highest BCUT2D eigenvalue weighted by Gasteiger charge is 2.66. The number of benzene rings is 1. The van der Waals surface area contributed by atoms with Gasteiger partial charge in [-0.3, -0.25) is 0 Å². The first-order valence-corrected chi connectivity index (χ1v) is 11.7. The molecule has 0 amide bonds. The fourth-order valence-corrected chi connectivity index (χ4v) is 5.56. The van der Waals surface area contributed by atoms with Gasteiger partial charge in [0.25, 0.3) is 0 Å². The van der Waals surface area contributed by atoms with Gasteiger partial charge < -0.3 is 14.6 Å². The van der Waals surface area contributed by atoms with Gasteiger partial charge in [-0.1, -0.05) is 6.07 Å². The molecular weight excluding hydrogens is 398 g/mol. The molecule has 0 unspecified atom stereocenters. The van der Waals surface area contributed by atoms with Gasteiger partial charge in [-0.2, -0.15) is 5.26 Å². The predicted octanol–water partition coefficient (Wildman–Crippen LogP) is 3.07. The molecule has 1 aliphatic heterocycles. The molecule has 0 bridgehead atoms. The molecule has 1 heterocycles. The summed E-state index contributed by atoms with van der Waals surface area (Å²) in [6.45, 7) is 12.7. The number of rotatable bonds is 3. The summed E-state index contributed by atoms with van der Waals surface area (Å²) in [4.78, 5) is 14.0. The third-order valence-electron chi connectivity index (χ3n) is 6.04. The Morgan fingerprint density at radius 1 is 1.23 bits per heavy atom. The number of ether oxygens (including phenoxy) is 1. The van der Waals surface area contributed by atoms with Crippen LogP contribution in [0.3, 0.4) is 0 Å². The lowest BCUT2D eigenvalue weighted by atomic mass is 9.64. The van der Waals surface area contributed by atoms with Crippen LogP contribution in [0.4, 0.5) is 0 Å². The number of piperidine rings is 1. The molecule has 1 aromatic carbocycles. The Balaban J connectivity index is 2.26. The summed E-state index contributed by atoms with van der Waals surface area (Å²) in [5.41, 5.74) is -0.217. The molecule has 164 valence electrons. The van der Waals surface area contributed by atoms with Gasteiger partial charge >= 0.3 is 5.97 Å². The zero-order valence-electron chi connectivity index (χ0n) is 18.8. The molecule has 0 radical (unpaired) electrons. The molecule has 3 rings (SSSR count). The van der Waals surface area contributed by atoms with Gasteiger partial charge in [0.1, 0.15) is 10.3 Å². The van der Waals surface area contributed by atoms with Crippen molar-refractivity contribution < 1.29 is 14.1 Å². The van der Waals surface area contributed by atoms with Crippen molar-refractivity contribution in [2.24, 2.45) is 5.41 Å². The average molecular weight is 432 g/mol. The number of carbonyl (C=O) groups excluding carboxylic acids is 1. The molecule has 6 nitrogen and oxygen atoms in total. The topological polar surface area (TPSA) is 97.2 Å². The SMILES string of the molecule is CC(C)(C)OC(=O)[C@]1(N[S@+]([O-])C(C)(C)C)c2cc(C#N)ccc2CC12CCNCC2. The molecule has 1 aliphatic carbocycles. The predicted molar refractivity (Wildman–Crippen MR) is 118 cm³/mol. The molecule has 2 atom stereocenters. The minimum absolute atomic E-state index is 0.414. The van der Waals surface area contributed by atoms with Gasteiger partial charge in [-0.25, -0.2) is 4.79 Å². The normalized spacial score (nSPS) is 24.2. The Hall–Kier alpha value is -1.59. The highest BCUT2D eigenvalue weighted by molar-refractivity contribution is 7.90. The van der Waals surface area contributed by atoms with Crippen LogP contribution in [0.15, 0.2) is 18.2 Å². The van der Waals surface area contributed by atoms with Crippen molar-refractivity contribution in [2.75, 3.05) is 13.1 Å². The van der Waals surface area contributed by atoms with E-state index in [1.807, 2.05) is 47.6 Å². The van der Waals surface area contributed by atoms with Crippen LogP contribution in [0.25, 0.3) is 0 Å². The van der Waals surface area contributed by atoms with Crippen LogP contribution in [-0.2, 0) is 32.9 Å². The van der Waals surface area contributed by atoms with E-state index in [0.29, 0.717) is 12.0 Å². The maximum atomic E-state index is 14.0. The van der Waals surface area contributed by atoms with Crippen LogP contribution < -0.4 is 10.0 Å². The lowest BCUT2D eigenvalue weighted by Gasteiger charge is -2.48. The Morgan fingerprint density at radius 3 is 2.40 bits per heavy atom. The second-order valence-corrected chi connectivity index (χ2v) is 12.4. The summed E-state index contributed by atoms with van der Waals surface area (Å²) in [5, 5.41) is 12.9. The molecular formula is C23H33N3O3S. The molecule has 7 heteroatoms. The summed E-state index contributed by atoms with van der Waals surface area (Å²) < 4.78 is 22.1. The van der Waals surface area contributed by atoms with Crippen LogP contribution >= 0.6 is 0 Å². The van der Waals surface area contributed by atoms with Crippen LogP contribution in [0, 0.1) is 16.7 Å². The van der Waals surface area contributed by atoms with Crippen molar-refractivity contribution in [1.82, 2.24) is 10.0 Å². The van der Waals surface area contributed by atoms with Crippen LogP contribution in [0.2, 0.25) is 0 Å². The number of nitriles is 1. The smallest absolute Gasteiger partial charge is 0.336 e. The fourth-order valence-electron chi connectivity index (χ4n) is 4.57. The van der Waals surface area contributed by atoms with E-state index < -0.39 is 38.6 Å². The standard InChI is InChI=1S/C23H33N3O3S/c1-20(2,3)29-19(27)23(26-30(28)21(4,5)6)18-13-16(15-24)7-8-17(18)14-22(23)9-11-25-12-10-22/h7-8,13,25-26H,9-12,14H2,1-6H3/t23-,30-/m1/s1. The van der Waals surface area contributed by atoms with E-state index in [-0.39, 0.29) is 0 Å². The van der Waals surface area contributed by atoms with Crippen LogP contribution in [0.5, 0.6) is 0 Å². The Kier molecular flexibility index (Phi) is 6.02. The van der Waals surface area contributed by atoms with E-state index in [1.54, 1.807) is 12.1 Å². The van der Waals surface area contributed by atoms with Crippen molar-refractivity contribution >= 4 is 17.3 Å². The third-order valence-corrected chi connectivity index (χ3v) is 7.64. The first-order chi connectivity index (χ1) is 13.8. The van der Waals surface area contributed by atoms with E-state index in [9.17, 15) is 14.6 Å². The van der Waals surface area contributed by atoms with Crippen molar-refractivity contribution in [3.8, 4) is 6.07 Å². The number of nitrogens with one attached hydrogen (secondary N) is 2. The number of esters is 1. The van der Waals surface area contributed by atoms with E-state index in [0.717, 1.165) is 37.1 Å². The highest BCUT2D eigenvalue weighted by Crippen LogP contribution is 2.57. The maximum Gasteiger partial charge on any atom is 0.336 e. The summed E-state index contributed by atoms with van der Waals surface area (Å²) >= 11 is -1.51. The molecule has 1 saturated heterocycles. The maximum absolute atomic E-state index is 14.0. The lowest BCUT2D eigenvalue weighted by Crippen LogP contribution is -2.65. The minimum atomic E-state index is -1.51. The molecule has 2 aliphatic rings. The highest BCUT2D eigenvalue weighted by atomic mass is 32.2.